The fourth-order valence-electron chi connectivity index (χ4n) is 2.72. The third-order valence-electron chi connectivity index (χ3n) is 3.97. The third-order valence-corrected chi connectivity index (χ3v) is 3.97. The Morgan fingerprint density at radius 1 is 1.38 bits per heavy atom. The van der Waals surface area contributed by atoms with E-state index in [0.717, 1.165) is 19.6 Å². The number of carbonyl (C=O) groups excluding carboxylic acids is 1. The molecule has 1 saturated heterocycles. The van der Waals surface area contributed by atoms with Crippen molar-refractivity contribution in [3.05, 3.63) is 23.9 Å². The zero-order chi connectivity index (χ0) is 15.1. The van der Waals surface area contributed by atoms with Gasteiger partial charge >= 0.3 is 0 Å². The molecule has 2 heterocycles. The van der Waals surface area contributed by atoms with E-state index < -0.39 is 0 Å². The molecule has 5 nitrogen and oxygen atoms in total. The van der Waals surface area contributed by atoms with Crippen LogP contribution in [-0.2, 0) is 0 Å². The highest BCUT2D eigenvalue weighted by atomic mass is 16.1. The van der Waals surface area contributed by atoms with Crippen molar-refractivity contribution in [2.45, 2.75) is 39.2 Å². The second kappa shape index (κ2) is 7.98. The van der Waals surface area contributed by atoms with Gasteiger partial charge in [-0.25, -0.2) is 4.98 Å². The van der Waals surface area contributed by atoms with Crippen molar-refractivity contribution in [3.8, 4) is 0 Å². The largest absolute Gasteiger partial charge is 0.370 e. The average Bonchev–Trinajstić information content (AvgIpc) is 2.54. The molecular weight excluding hydrogens is 264 g/mol. The summed E-state index contributed by atoms with van der Waals surface area (Å²) in [6.07, 6.45) is 5.57. The highest BCUT2D eigenvalue weighted by Crippen LogP contribution is 2.13. The van der Waals surface area contributed by atoms with Gasteiger partial charge in [-0.15, -0.1) is 0 Å². The van der Waals surface area contributed by atoms with Gasteiger partial charge in [0.2, 0.25) is 0 Å². The molecule has 1 aromatic rings. The van der Waals surface area contributed by atoms with Crippen LogP contribution in [0.3, 0.4) is 0 Å². The van der Waals surface area contributed by atoms with Crippen molar-refractivity contribution >= 4 is 11.7 Å². The molecule has 0 aromatic carbocycles. The molecule has 2 N–H and O–H groups in total. The minimum absolute atomic E-state index is 0.0529. The number of piperidine rings is 1. The van der Waals surface area contributed by atoms with E-state index >= 15 is 0 Å². The van der Waals surface area contributed by atoms with E-state index in [0.29, 0.717) is 24.0 Å². The zero-order valence-electron chi connectivity index (χ0n) is 13.1. The standard InChI is InChI=1S/C16H26N4O/c1-3-17-15-14(8-7-9-18-15)16(21)19-12-13(2)20-10-5-4-6-11-20/h7-9,13H,3-6,10-12H2,1-2H3,(H,17,18)(H,19,21). The van der Waals surface area contributed by atoms with Crippen LogP contribution >= 0.6 is 0 Å². The maximum absolute atomic E-state index is 12.3. The average molecular weight is 290 g/mol. The maximum atomic E-state index is 12.3. The summed E-state index contributed by atoms with van der Waals surface area (Å²) in [5, 5.41) is 6.16. The number of amides is 1. The Morgan fingerprint density at radius 2 is 2.14 bits per heavy atom. The summed E-state index contributed by atoms with van der Waals surface area (Å²) in [6.45, 7) is 7.90. The van der Waals surface area contributed by atoms with Gasteiger partial charge in [-0.1, -0.05) is 6.42 Å². The molecule has 1 aliphatic rings. The van der Waals surface area contributed by atoms with Crippen LogP contribution in [0.15, 0.2) is 18.3 Å². The first-order valence-corrected chi connectivity index (χ1v) is 7.93. The summed E-state index contributed by atoms with van der Waals surface area (Å²) in [6, 6.07) is 3.99. The van der Waals surface area contributed by atoms with Crippen molar-refractivity contribution < 1.29 is 4.79 Å². The fourth-order valence-corrected chi connectivity index (χ4v) is 2.72. The monoisotopic (exact) mass is 290 g/mol. The Morgan fingerprint density at radius 3 is 2.86 bits per heavy atom. The maximum Gasteiger partial charge on any atom is 0.255 e. The Bertz CT molecular complexity index is 457. The van der Waals surface area contributed by atoms with Gasteiger partial charge in [0.1, 0.15) is 5.82 Å². The molecule has 116 valence electrons. The molecule has 2 rings (SSSR count). The predicted octanol–water partition coefficient (Wildman–Crippen LogP) is 2.12. The highest BCUT2D eigenvalue weighted by Gasteiger charge is 2.18. The van der Waals surface area contributed by atoms with E-state index in [2.05, 4.69) is 27.4 Å². The molecule has 0 spiro atoms. The van der Waals surface area contributed by atoms with Crippen molar-refractivity contribution in [2.75, 3.05) is 31.5 Å². The molecule has 5 heteroatoms. The number of nitrogens with one attached hydrogen (secondary N) is 2. The minimum Gasteiger partial charge on any atom is -0.370 e. The molecule has 1 atom stereocenters. The smallest absolute Gasteiger partial charge is 0.255 e. The molecule has 1 amide bonds. The summed E-state index contributed by atoms with van der Waals surface area (Å²) >= 11 is 0. The van der Waals surface area contributed by atoms with Crippen LogP contribution in [0.1, 0.15) is 43.5 Å². The molecule has 1 unspecified atom stereocenters. The van der Waals surface area contributed by atoms with Gasteiger partial charge in [0.25, 0.3) is 5.91 Å². The lowest BCUT2D eigenvalue weighted by molar-refractivity contribution is 0.0930. The van der Waals surface area contributed by atoms with Crippen molar-refractivity contribution in [2.24, 2.45) is 0 Å². The SMILES string of the molecule is CCNc1ncccc1C(=O)NCC(C)N1CCCCC1. The number of nitrogens with zero attached hydrogens (tertiary/aromatic N) is 2. The van der Waals surface area contributed by atoms with E-state index in [1.165, 1.54) is 19.3 Å². The number of hydrogen-bond acceptors (Lipinski definition) is 4. The van der Waals surface area contributed by atoms with Crippen LogP contribution in [0.4, 0.5) is 5.82 Å². The number of pyridine rings is 1. The predicted molar refractivity (Wildman–Crippen MR) is 85.6 cm³/mol. The highest BCUT2D eigenvalue weighted by molar-refractivity contribution is 5.98. The van der Waals surface area contributed by atoms with Gasteiger partial charge in [-0.2, -0.15) is 0 Å². The van der Waals surface area contributed by atoms with Crippen LogP contribution < -0.4 is 10.6 Å². The Balaban J connectivity index is 1.89. The van der Waals surface area contributed by atoms with E-state index in [4.69, 9.17) is 0 Å². The molecule has 1 aliphatic heterocycles. The van der Waals surface area contributed by atoms with Gasteiger partial charge in [-0.05, 0) is 51.9 Å². The first kappa shape index (κ1) is 15.8. The van der Waals surface area contributed by atoms with Crippen molar-refractivity contribution in [1.29, 1.82) is 0 Å². The lowest BCUT2D eigenvalue weighted by atomic mass is 10.1. The Hall–Kier alpha value is -1.62. The first-order chi connectivity index (χ1) is 10.2. The fraction of sp³-hybridized carbons (Fsp3) is 0.625. The molecule has 0 aliphatic carbocycles. The number of hydrogen-bond donors (Lipinski definition) is 2. The van der Waals surface area contributed by atoms with Gasteiger partial charge in [0.05, 0.1) is 5.56 Å². The van der Waals surface area contributed by atoms with Crippen LogP contribution in [0, 0.1) is 0 Å². The van der Waals surface area contributed by atoms with Crippen LogP contribution in [0.5, 0.6) is 0 Å². The van der Waals surface area contributed by atoms with Crippen LogP contribution in [0.2, 0.25) is 0 Å². The summed E-state index contributed by atoms with van der Waals surface area (Å²) in [5.74, 6) is 0.603. The van der Waals surface area contributed by atoms with E-state index in [-0.39, 0.29) is 5.91 Å². The topological polar surface area (TPSA) is 57.3 Å². The number of carbonyl (C=O) groups is 1. The first-order valence-electron chi connectivity index (χ1n) is 7.93. The number of aromatic nitrogens is 1. The molecule has 1 aromatic heterocycles. The minimum atomic E-state index is -0.0529. The van der Waals surface area contributed by atoms with Gasteiger partial charge in [0.15, 0.2) is 0 Å². The normalized spacial score (nSPS) is 17.2. The summed E-state index contributed by atoms with van der Waals surface area (Å²) < 4.78 is 0. The molecule has 0 radical (unpaired) electrons. The quantitative estimate of drug-likeness (QED) is 0.842. The second-order valence-corrected chi connectivity index (χ2v) is 5.59. The zero-order valence-corrected chi connectivity index (χ0v) is 13.1. The Labute approximate surface area is 127 Å². The van der Waals surface area contributed by atoms with E-state index in [9.17, 15) is 4.79 Å². The summed E-state index contributed by atoms with van der Waals surface area (Å²) in [7, 11) is 0. The third kappa shape index (κ3) is 4.43. The number of anilines is 1. The van der Waals surface area contributed by atoms with E-state index in [1.54, 1.807) is 12.3 Å². The lowest BCUT2D eigenvalue weighted by Gasteiger charge is -2.32. The second-order valence-electron chi connectivity index (χ2n) is 5.59. The van der Waals surface area contributed by atoms with Gasteiger partial charge < -0.3 is 10.6 Å². The molecule has 21 heavy (non-hydrogen) atoms. The van der Waals surface area contributed by atoms with E-state index in [1.807, 2.05) is 13.0 Å². The van der Waals surface area contributed by atoms with Crippen molar-refractivity contribution in [1.82, 2.24) is 15.2 Å². The Kier molecular flexibility index (Phi) is 5.99. The van der Waals surface area contributed by atoms with Crippen molar-refractivity contribution in [3.63, 3.8) is 0 Å². The summed E-state index contributed by atoms with van der Waals surface area (Å²) in [5.41, 5.74) is 0.616. The molecular formula is C16H26N4O. The van der Waals surface area contributed by atoms with Gasteiger partial charge in [-0.3, -0.25) is 9.69 Å². The molecule has 0 bridgehead atoms. The lowest BCUT2D eigenvalue weighted by Crippen LogP contribution is -2.44. The molecule has 0 saturated carbocycles. The molecule has 1 fully saturated rings. The number of rotatable bonds is 6. The van der Waals surface area contributed by atoms with Crippen LogP contribution in [-0.4, -0.2) is 48.0 Å². The summed E-state index contributed by atoms with van der Waals surface area (Å²) in [4.78, 5) is 19.0. The van der Waals surface area contributed by atoms with Gasteiger partial charge in [0, 0.05) is 25.3 Å². The van der Waals surface area contributed by atoms with Crippen LogP contribution in [0.25, 0.3) is 0 Å². The number of likely N-dealkylation sites (tertiary alicyclic amines) is 1.